The summed E-state index contributed by atoms with van der Waals surface area (Å²) in [5.74, 6) is -5.56. The molecule has 1 fully saturated rings. The highest BCUT2D eigenvalue weighted by Gasteiger charge is 2.35. The van der Waals surface area contributed by atoms with Crippen LogP contribution in [0.3, 0.4) is 0 Å². The van der Waals surface area contributed by atoms with Gasteiger partial charge < -0.3 is 4.42 Å². The van der Waals surface area contributed by atoms with Crippen LogP contribution < -0.4 is 10.2 Å². The zero-order chi connectivity index (χ0) is 23.9. The third-order valence-corrected chi connectivity index (χ3v) is 5.36. The fourth-order valence-corrected chi connectivity index (χ4v) is 3.63. The highest BCUT2D eigenvalue weighted by molar-refractivity contribution is 7.80. The molecule has 1 aliphatic rings. The van der Waals surface area contributed by atoms with Crippen molar-refractivity contribution in [1.29, 1.82) is 0 Å². The Balaban J connectivity index is 1.67. The summed E-state index contributed by atoms with van der Waals surface area (Å²) >= 11 is 11.0. The molecular weight excluding hydrogens is 477 g/mol. The number of furan rings is 1. The molecule has 0 atom stereocenters. The quantitative estimate of drug-likeness (QED) is 0.290. The molecule has 2 heterocycles. The molecule has 0 spiro atoms. The maximum Gasteiger partial charge on any atom is 0.273 e. The van der Waals surface area contributed by atoms with Crippen LogP contribution in [0.1, 0.15) is 18.2 Å². The van der Waals surface area contributed by atoms with Crippen LogP contribution in [-0.2, 0) is 15.5 Å². The Hall–Kier alpha value is -3.43. The van der Waals surface area contributed by atoms with Gasteiger partial charge in [0, 0.05) is 17.5 Å². The average molecular weight is 491 g/mol. The van der Waals surface area contributed by atoms with Crippen molar-refractivity contribution in [2.75, 3.05) is 4.90 Å². The molecule has 10 heteroatoms. The largest absolute Gasteiger partial charge is 0.457 e. The topological polar surface area (TPSA) is 62.6 Å². The van der Waals surface area contributed by atoms with Gasteiger partial charge >= 0.3 is 0 Å². The number of nitrogens with one attached hydrogen (secondary N) is 1. The minimum Gasteiger partial charge on any atom is -0.457 e. The zero-order valence-corrected chi connectivity index (χ0v) is 18.4. The molecule has 2 aromatic carbocycles. The van der Waals surface area contributed by atoms with Crippen molar-refractivity contribution in [2.45, 2.75) is 12.8 Å². The van der Waals surface area contributed by atoms with Crippen LogP contribution in [0.2, 0.25) is 5.02 Å². The summed E-state index contributed by atoms with van der Waals surface area (Å²) in [5.41, 5.74) is -0.412. The van der Waals surface area contributed by atoms with E-state index in [1.807, 2.05) is 0 Å². The van der Waals surface area contributed by atoms with E-state index in [0.717, 1.165) is 17.0 Å². The Morgan fingerprint density at radius 1 is 1.09 bits per heavy atom. The van der Waals surface area contributed by atoms with Gasteiger partial charge in [0.1, 0.15) is 22.9 Å². The summed E-state index contributed by atoms with van der Waals surface area (Å²) in [5, 5.41) is 2.81. The first-order valence-corrected chi connectivity index (χ1v) is 10.3. The number of carbonyl (C=O) groups excluding carboxylic acids is 2. The number of thiocarbonyl (C=S) groups is 1. The van der Waals surface area contributed by atoms with Crippen molar-refractivity contribution in [3.63, 3.8) is 0 Å². The van der Waals surface area contributed by atoms with Gasteiger partial charge in [-0.3, -0.25) is 19.8 Å². The van der Waals surface area contributed by atoms with Gasteiger partial charge in [-0.2, -0.15) is 0 Å². The number of carbonyl (C=O) groups is 2. The number of benzene rings is 2. The summed E-state index contributed by atoms with van der Waals surface area (Å²) in [6.45, 7) is 0.595. The van der Waals surface area contributed by atoms with E-state index in [9.17, 15) is 22.8 Å². The molecule has 3 aromatic rings. The number of halogens is 4. The zero-order valence-electron chi connectivity index (χ0n) is 16.9. The first-order valence-electron chi connectivity index (χ1n) is 9.49. The van der Waals surface area contributed by atoms with E-state index in [1.165, 1.54) is 24.3 Å². The minimum atomic E-state index is -3.38. The van der Waals surface area contributed by atoms with Crippen molar-refractivity contribution in [3.05, 3.63) is 82.3 Å². The second-order valence-electron chi connectivity index (χ2n) is 7.22. The molecule has 168 valence electrons. The summed E-state index contributed by atoms with van der Waals surface area (Å²) in [6, 6.07) is 12.4. The van der Waals surface area contributed by atoms with Gasteiger partial charge in [-0.05, 0) is 72.9 Å². The van der Waals surface area contributed by atoms with E-state index in [0.29, 0.717) is 17.6 Å². The Labute approximate surface area is 196 Å². The maximum atomic E-state index is 13.8. The smallest absolute Gasteiger partial charge is 0.273 e. The lowest BCUT2D eigenvalue weighted by atomic mass is 10.0. The van der Waals surface area contributed by atoms with Crippen molar-refractivity contribution < 1.29 is 27.2 Å². The van der Waals surface area contributed by atoms with Gasteiger partial charge in [0.2, 0.25) is 0 Å². The monoisotopic (exact) mass is 490 g/mol. The standard InChI is InChI=1S/C23H14ClF3N2O3S/c1-23(26,27)17-10-12(2-8-18(17)25)19-9-7-15(32-19)11-16-20(30)28-22(33)29(21(16)31)14-5-3-13(24)4-6-14/h2-11H,1H3,(H,28,30,33)/b16-11+. The Morgan fingerprint density at radius 3 is 2.45 bits per heavy atom. The van der Waals surface area contributed by atoms with Gasteiger partial charge in [0.25, 0.3) is 17.7 Å². The predicted molar refractivity (Wildman–Crippen MR) is 121 cm³/mol. The van der Waals surface area contributed by atoms with Crippen LogP contribution in [0.15, 0.2) is 64.6 Å². The average Bonchev–Trinajstić information content (AvgIpc) is 3.20. The maximum absolute atomic E-state index is 13.8. The minimum absolute atomic E-state index is 0.0936. The Kier molecular flexibility index (Phi) is 5.85. The molecule has 0 aliphatic carbocycles. The summed E-state index contributed by atoms with van der Waals surface area (Å²) in [4.78, 5) is 26.6. The highest BCUT2D eigenvalue weighted by atomic mass is 35.5. The summed E-state index contributed by atoms with van der Waals surface area (Å²) < 4.78 is 46.7. The van der Waals surface area contributed by atoms with Gasteiger partial charge in [-0.15, -0.1) is 0 Å². The number of hydrogen-bond acceptors (Lipinski definition) is 4. The first kappa shape index (κ1) is 22.8. The number of amides is 2. The lowest BCUT2D eigenvalue weighted by molar-refractivity contribution is -0.122. The van der Waals surface area contributed by atoms with Crippen LogP contribution >= 0.6 is 23.8 Å². The molecule has 4 rings (SSSR count). The van der Waals surface area contributed by atoms with Gasteiger partial charge in [-0.25, -0.2) is 13.2 Å². The fraction of sp³-hybridized carbons (Fsp3) is 0.0870. The molecule has 0 unspecified atom stereocenters. The third-order valence-electron chi connectivity index (χ3n) is 4.82. The second-order valence-corrected chi connectivity index (χ2v) is 8.04. The van der Waals surface area contributed by atoms with Crippen molar-refractivity contribution in [1.82, 2.24) is 5.32 Å². The van der Waals surface area contributed by atoms with Gasteiger partial charge in [0.05, 0.1) is 11.3 Å². The molecule has 0 bridgehead atoms. The number of nitrogens with zero attached hydrogens (tertiary/aromatic N) is 1. The van der Waals surface area contributed by atoms with E-state index >= 15 is 0 Å². The van der Waals surface area contributed by atoms with Crippen molar-refractivity contribution in [3.8, 4) is 11.3 Å². The molecule has 5 nitrogen and oxygen atoms in total. The number of alkyl halides is 2. The van der Waals surface area contributed by atoms with E-state index in [1.54, 1.807) is 24.3 Å². The van der Waals surface area contributed by atoms with E-state index in [-0.39, 0.29) is 27.8 Å². The Morgan fingerprint density at radius 2 is 1.79 bits per heavy atom. The number of anilines is 1. The van der Waals surface area contributed by atoms with E-state index < -0.39 is 29.1 Å². The normalized spacial score (nSPS) is 15.8. The molecule has 0 radical (unpaired) electrons. The molecule has 1 saturated heterocycles. The number of hydrogen-bond donors (Lipinski definition) is 1. The lowest BCUT2D eigenvalue weighted by Crippen LogP contribution is -2.54. The highest BCUT2D eigenvalue weighted by Crippen LogP contribution is 2.33. The molecule has 1 aliphatic heterocycles. The van der Waals surface area contributed by atoms with E-state index in [4.69, 9.17) is 28.2 Å². The lowest BCUT2D eigenvalue weighted by Gasteiger charge is -2.28. The van der Waals surface area contributed by atoms with Crippen LogP contribution in [0.4, 0.5) is 18.9 Å². The Bertz CT molecular complexity index is 1310. The molecule has 33 heavy (non-hydrogen) atoms. The summed E-state index contributed by atoms with van der Waals surface area (Å²) in [7, 11) is 0. The van der Waals surface area contributed by atoms with Crippen LogP contribution in [0.5, 0.6) is 0 Å². The summed E-state index contributed by atoms with van der Waals surface area (Å²) in [6.07, 6.45) is 1.21. The van der Waals surface area contributed by atoms with Crippen molar-refractivity contribution >= 4 is 52.5 Å². The third kappa shape index (κ3) is 4.55. The first-order chi connectivity index (χ1) is 15.5. The molecule has 1 N–H and O–H groups in total. The fourth-order valence-electron chi connectivity index (χ4n) is 3.22. The van der Waals surface area contributed by atoms with Crippen LogP contribution in [0, 0.1) is 5.82 Å². The van der Waals surface area contributed by atoms with Gasteiger partial charge in [0.15, 0.2) is 5.11 Å². The van der Waals surface area contributed by atoms with E-state index in [2.05, 4.69) is 5.32 Å². The molecule has 0 saturated carbocycles. The number of rotatable bonds is 4. The molecule has 1 aromatic heterocycles. The van der Waals surface area contributed by atoms with Crippen LogP contribution in [-0.4, -0.2) is 16.9 Å². The SMILES string of the molecule is CC(F)(F)c1cc(-c2ccc(/C=C3\C(=O)NC(=S)N(c4ccc(Cl)cc4)C3=O)o2)ccc1F. The second kappa shape index (κ2) is 8.49. The van der Waals surface area contributed by atoms with Crippen LogP contribution in [0.25, 0.3) is 17.4 Å². The molecular formula is C23H14ClF3N2O3S. The predicted octanol–water partition coefficient (Wildman–Crippen LogP) is 5.68. The van der Waals surface area contributed by atoms with Gasteiger partial charge in [-0.1, -0.05) is 11.6 Å². The van der Waals surface area contributed by atoms with Crippen molar-refractivity contribution in [2.24, 2.45) is 0 Å². The molecule has 2 amide bonds.